The fraction of sp³-hybridized carbons (Fsp3) is 1.00. The molecule has 0 bridgehead atoms. The number of ether oxygens (including phenoxy) is 3. The summed E-state index contributed by atoms with van der Waals surface area (Å²) in [5, 5.41) is 9.10. The van der Waals surface area contributed by atoms with Gasteiger partial charge in [0.05, 0.1) is 25.4 Å². The largest absolute Gasteiger partial charge is 0.393 e. The van der Waals surface area contributed by atoms with Crippen LogP contribution in [0.2, 0.25) is 0 Å². The van der Waals surface area contributed by atoms with Crippen LogP contribution in [0.1, 0.15) is 26.7 Å². The maximum atomic E-state index is 9.10. The Hall–Kier alpha value is -0.160. The van der Waals surface area contributed by atoms with E-state index in [9.17, 15) is 0 Å². The van der Waals surface area contributed by atoms with E-state index in [0.29, 0.717) is 32.8 Å². The zero-order valence-electron chi connectivity index (χ0n) is 10.1. The Bertz CT molecular complexity index is 128. The van der Waals surface area contributed by atoms with Gasteiger partial charge in [0.15, 0.2) is 0 Å². The van der Waals surface area contributed by atoms with Crippen LogP contribution in [0.3, 0.4) is 0 Å². The van der Waals surface area contributed by atoms with E-state index >= 15 is 0 Å². The number of aliphatic hydroxyl groups excluding tert-OH is 1. The molecular formula is C11H24O4. The van der Waals surface area contributed by atoms with Gasteiger partial charge in [-0.3, -0.25) is 0 Å². The summed E-state index contributed by atoms with van der Waals surface area (Å²) in [7, 11) is 1.66. The topological polar surface area (TPSA) is 47.9 Å². The van der Waals surface area contributed by atoms with Crippen LogP contribution in [0.4, 0.5) is 0 Å². The van der Waals surface area contributed by atoms with Gasteiger partial charge in [-0.2, -0.15) is 0 Å². The van der Waals surface area contributed by atoms with Crippen molar-refractivity contribution in [2.45, 2.75) is 38.9 Å². The first-order chi connectivity index (χ1) is 7.16. The molecule has 0 spiro atoms. The van der Waals surface area contributed by atoms with Gasteiger partial charge in [-0.05, 0) is 26.7 Å². The Morgan fingerprint density at radius 1 is 1.07 bits per heavy atom. The number of hydrogen-bond acceptors (Lipinski definition) is 4. The molecule has 0 aliphatic rings. The molecule has 0 amide bonds. The Morgan fingerprint density at radius 2 is 1.80 bits per heavy atom. The van der Waals surface area contributed by atoms with Crippen molar-refractivity contribution in [1.82, 2.24) is 0 Å². The Labute approximate surface area is 92.5 Å². The maximum absolute atomic E-state index is 9.10. The minimum absolute atomic E-state index is 0.115. The Morgan fingerprint density at radius 3 is 2.40 bits per heavy atom. The second-order valence-electron chi connectivity index (χ2n) is 3.72. The monoisotopic (exact) mass is 220 g/mol. The molecule has 0 aromatic rings. The number of methoxy groups -OCH3 is 1. The van der Waals surface area contributed by atoms with Crippen molar-refractivity contribution in [3.05, 3.63) is 0 Å². The van der Waals surface area contributed by atoms with E-state index in [1.165, 1.54) is 0 Å². The Kier molecular flexibility index (Phi) is 10.3. The first-order valence-corrected chi connectivity index (χ1v) is 5.53. The van der Waals surface area contributed by atoms with Crippen LogP contribution in [0.15, 0.2) is 0 Å². The smallest absolute Gasteiger partial charge is 0.0700 e. The average Bonchev–Trinajstić information content (AvgIpc) is 2.15. The number of aliphatic hydroxyl groups is 1. The predicted molar refractivity (Wildman–Crippen MR) is 59.0 cm³/mol. The second-order valence-corrected chi connectivity index (χ2v) is 3.72. The highest BCUT2D eigenvalue weighted by Crippen LogP contribution is 2.02. The molecule has 4 nitrogen and oxygen atoms in total. The van der Waals surface area contributed by atoms with Crippen LogP contribution in [-0.4, -0.2) is 50.9 Å². The molecule has 15 heavy (non-hydrogen) atoms. The van der Waals surface area contributed by atoms with Gasteiger partial charge in [-0.15, -0.1) is 0 Å². The van der Waals surface area contributed by atoms with E-state index < -0.39 is 0 Å². The molecule has 0 saturated carbocycles. The van der Waals surface area contributed by atoms with Crippen molar-refractivity contribution in [3.8, 4) is 0 Å². The summed E-state index contributed by atoms with van der Waals surface area (Å²) in [5.41, 5.74) is 0. The lowest BCUT2D eigenvalue weighted by molar-refractivity contribution is 0.0109. The summed E-state index contributed by atoms with van der Waals surface area (Å²) >= 11 is 0. The fourth-order valence-corrected chi connectivity index (χ4v) is 1.24. The molecule has 2 atom stereocenters. The van der Waals surface area contributed by atoms with Crippen LogP contribution in [-0.2, 0) is 14.2 Å². The highest BCUT2D eigenvalue weighted by Gasteiger charge is 2.05. The molecule has 0 rings (SSSR count). The molecule has 0 radical (unpaired) electrons. The van der Waals surface area contributed by atoms with Crippen molar-refractivity contribution in [3.63, 3.8) is 0 Å². The van der Waals surface area contributed by atoms with E-state index in [4.69, 9.17) is 19.3 Å². The minimum atomic E-state index is -0.294. The summed E-state index contributed by atoms with van der Waals surface area (Å²) < 4.78 is 15.6. The van der Waals surface area contributed by atoms with Gasteiger partial charge in [0.2, 0.25) is 0 Å². The summed E-state index contributed by atoms with van der Waals surface area (Å²) in [5.74, 6) is 0. The Balaban J connectivity index is 3.09. The van der Waals surface area contributed by atoms with E-state index in [1.54, 1.807) is 14.0 Å². The standard InChI is InChI=1S/C11H24O4/c1-10(12)9-11(2)15-6-4-5-14-8-7-13-3/h10-12H,4-9H2,1-3H3. The van der Waals surface area contributed by atoms with Gasteiger partial charge in [-0.25, -0.2) is 0 Å². The van der Waals surface area contributed by atoms with Gasteiger partial charge in [0.25, 0.3) is 0 Å². The minimum Gasteiger partial charge on any atom is -0.393 e. The first-order valence-electron chi connectivity index (χ1n) is 5.53. The molecule has 2 unspecified atom stereocenters. The number of hydrogen-bond donors (Lipinski definition) is 1. The van der Waals surface area contributed by atoms with Crippen molar-refractivity contribution in [2.75, 3.05) is 33.5 Å². The fourth-order valence-electron chi connectivity index (χ4n) is 1.24. The predicted octanol–water partition coefficient (Wildman–Crippen LogP) is 1.22. The molecule has 0 heterocycles. The maximum Gasteiger partial charge on any atom is 0.0700 e. The summed E-state index contributed by atoms with van der Waals surface area (Å²) in [6.07, 6.45) is 1.39. The van der Waals surface area contributed by atoms with E-state index in [-0.39, 0.29) is 12.2 Å². The summed E-state index contributed by atoms with van der Waals surface area (Å²) in [6.45, 7) is 6.40. The first kappa shape index (κ1) is 14.8. The summed E-state index contributed by atoms with van der Waals surface area (Å²) in [4.78, 5) is 0. The van der Waals surface area contributed by atoms with Gasteiger partial charge in [0.1, 0.15) is 0 Å². The third kappa shape index (κ3) is 11.8. The van der Waals surface area contributed by atoms with Crippen LogP contribution in [0, 0.1) is 0 Å². The van der Waals surface area contributed by atoms with Gasteiger partial charge >= 0.3 is 0 Å². The molecule has 0 fully saturated rings. The molecule has 0 aromatic carbocycles. The summed E-state index contributed by atoms with van der Waals surface area (Å²) in [6, 6.07) is 0. The molecule has 0 aliphatic heterocycles. The zero-order valence-corrected chi connectivity index (χ0v) is 10.1. The van der Waals surface area contributed by atoms with Crippen molar-refractivity contribution < 1.29 is 19.3 Å². The average molecular weight is 220 g/mol. The highest BCUT2D eigenvalue weighted by atomic mass is 16.5. The van der Waals surface area contributed by atoms with Gasteiger partial charge < -0.3 is 19.3 Å². The molecule has 0 saturated heterocycles. The molecular weight excluding hydrogens is 196 g/mol. The van der Waals surface area contributed by atoms with Crippen molar-refractivity contribution in [2.24, 2.45) is 0 Å². The van der Waals surface area contributed by atoms with Crippen LogP contribution >= 0.6 is 0 Å². The number of rotatable bonds is 10. The van der Waals surface area contributed by atoms with E-state index in [2.05, 4.69) is 0 Å². The normalized spacial score (nSPS) is 15.2. The molecule has 1 N–H and O–H groups in total. The molecule has 0 aromatic heterocycles. The lowest BCUT2D eigenvalue weighted by Gasteiger charge is -2.14. The third-order valence-corrected chi connectivity index (χ3v) is 1.94. The molecule has 4 heteroatoms. The van der Waals surface area contributed by atoms with Crippen molar-refractivity contribution >= 4 is 0 Å². The van der Waals surface area contributed by atoms with Crippen LogP contribution in [0.5, 0.6) is 0 Å². The van der Waals surface area contributed by atoms with E-state index in [1.807, 2.05) is 6.92 Å². The van der Waals surface area contributed by atoms with Crippen LogP contribution < -0.4 is 0 Å². The van der Waals surface area contributed by atoms with E-state index in [0.717, 1.165) is 6.42 Å². The lowest BCUT2D eigenvalue weighted by atomic mass is 10.2. The quantitative estimate of drug-likeness (QED) is 0.562. The third-order valence-electron chi connectivity index (χ3n) is 1.94. The SMILES string of the molecule is COCCOCCCOC(C)CC(C)O. The molecule has 0 aliphatic carbocycles. The van der Waals surface area contributed by atoms with Crippen LogP contribution in [0.25, 0.3) is 0 Å². The second kappa shape index (κ2) is 10.4. The molecule has 92 valence electrons. The lowest BCUT2D eigenvalue weighted by Crippen LogP contribution is -2.16. The van der Waals surface area contributed by atoms with Gasteiger partial charge in [0, 0.05) is 20.3 Å². The van der Waals surface area contributed by atoms with Crippen molar-refractivity contribution in [1.29, 1.82) is 0 Å². The zero-order chi connectivity index (χ0) is 11.5. The highest BCUT2D eigenvalue weighted by molar-refractivity contribution is 4.55. The van der Waals surface area contributed by atoms with Gasteiger partial charge in [-0.1, -0.05) is 0 Å².